The maximum atomic E-state index is 11.8. The van der Waals surface area contributed by atoms with Gasteiger partial charge >= 0.3 is 5.97 Å². The molecular formula is C25H26O3. The molecular weight excluding hydrogens is 348 g/mol. The minimum atomic E-state index is -1.12. The van der Waals surface area contributed by atoms with Crippen LogP contribution in [0.15, 0.2) is 60.7 Å². The first-order valence-corrected chi connectivity index (χ1v) is 9.51. The molecule has 0 aliphatic rings. The first-order valence-electron chi connectivity index (χ1n) is 9.51. The predicted molar refractivity (Wildman–Crippen MR) is 112 cm³/mol. The van der Waals surface area contributed by atoms with Crippen molar-refractivity contribution in [2.45, 2.75) is 39.5 Å². The van der Waals surface area contributed by atoms with Gasteiger partial charge in [-0.3, -0.25) is 0 Å². The largest absolute Gasteiger partial charge is 0.507 e. The Morgan fingerprint density at radius 1 is 0.786 bits per heavy atom. The highest BCUT2D eigenvalue weighted by Gasteiger charge is 2.22. The van der Waals surface area contributed by atoms with Gasteiger partial charge in [0, 0.05) is 17.4 Å². The Morgan fingerprint density at radius 2 is 1.32 bits per heavy atom. The van der Waals surface area contributed by atoms with Crippen molar-refractivity contribution in [2.75, 3.05) is 0 Å². The van der Waals surface area contributed by atoms with Gasteiger partial charge in [0.15, 0.2) is 0 Å². The Bertz CT molecular complexity index is 1020. The monoisotopic (exact) mass is 374 g/mol. The molecule has 0 aliphatic carbocycles. The lowest BCUT2D eigenvalue weighted by Crippen LogP contribution is -2.07. The predicted octanol–water partition coefficient (Wildman–Crippen LogP) is 6.01. The number of carboxylic acids is 1. The molecule has 3 rings (SSSR count). The van der Waals surface area contributed by atoms with Crippen molar-refractivity contribution in [3.8, 4) is 5.75 Å². The normalized spacial score (nSPS) is 13.1. The van der Waals surface area contributed by atoms with Gasteiger partial charge < -0.3 is 10.2 Å². The average Bonchev–Trinajstić information content (AvgIpc) is 2.67. The summed E-state index contributed by atoms with van der Waals surface area (Å²) in [4.78, 5) is 11.8. The Hall–Kier alpha value is -3.07. The topological polar surface area (TPSA) is 57.5 Å². The molecule has 0 radical (unpaired) electrons. The van der Waals surface area contributed by atoms with Crippen LogP contribution in [-0.2, 0) is 0 Å². The lowest BCUT2D eigenvalue weighted by atomic mass is 9.84. The molecule has 3 heteroatoms. The minimum absolute atomic E-state index is 0.0158. The van der Waals surface area contributed by atoms with E-state index >= 15 is 0 Å². The molecule has 3 aromatic rings. The highest BCUT2D eigenvalue weighted by molar-refractivity contribution is 5.91. The highest BCUT2D eigenvalue weighted by Crippen LogP contribution is 2.38. The maximum absolute atomic E-state index is 11.8. The molecule has 2 atom stereocenters. The molecule has 0 amide bonds. The Morgan fingerprint density at radius 3 is 1.82 bits per heavy atom. The van der Waals surface area contributed by atoms with E-state index in [1.807, 2.05) is 57.2 Å². The van der Waals surface area contributed by atoms with E-state index in [4.69, 9.17) is 0 Å². The van der Waals surface area contributed by atoms with Crippen molar-refractivity contribution < 1.29 is 15.0 Å². The number of phenols is 1. The van der Waals surface area contributed by atoms with E-state index in [1.165, 1.54) is 0 Å². The van der Waals surface area contributed by atoms with Crippen LogP contribution in [0.25, 0.3) is 0 Å². The summed E-state index contributed by atoms with van der Waals surface area (Å²) in [5.74, 6) is -1.38. The SMILES string of the molecule is Cc1cccc(C(C)c2cc(C(=O)O)c(O)c(C(C)c3cccc(C)c3)c2)c1. The van der Waals surface area contributed by atoms with Crippen molar-refractivity contribution in [3.05, 3.63) is 99.6 Å². The van der Waals surface area contributed by atoms with Crippen molar-refractivity contribution in [3.63, 3.8) is 0 Å². The first kappa shape index (κ1) is 19.7. The van der Waals surface area contributed by atoms with Crippen LogP contribution in [0.5, 0.6) is 5.75 Å². The zero-order valence-corrected chi connectivity index (χ0v) is 16.7. The Labute approximate surface area is 166 Å². The van der Waals surface area contributed by atoms with Crippen LogP contribution < -0.4 is 0 Å². The van der Waals surface area contributed by atoms with Crippen LogP contribution in [0.4, 0.5) is 0 Å². The quantitative estimate of drug-likeness (QED) is 0.575. The van der Waals surface area contributed by atoms with Gasteiger partial charge in [-0.15, -0.1) is 0 Å². The summed E-state index contributed by atoms with van der Waals surface area (Å²) in [7, 11) is 0. The fraction of sp³-hybridized carbons (Fsp3) is 0.240. The number of aromatic hydroxyl groups is 1. The van der Waals surface area contributed by atoms with E-state index in [-0.39, 0.29) is 23.1 Å². The second-order valence-electron chi connectivity index (χ2n) is 7.58. The van der Waals surface area contributed by atoms with Gasteiger partial charge in [-0.05, 0) is 36.6 Å². The number of carbonyl (C=O) groups is 1. The van der Waals surface area contributed by atoms with E-state index in [1.54, 1.807) is 6.07 Å². The summed E-state index contributed by atoms with van der Waals surface area (Å²) in [6, 6.07) is 19.8. The number of aryl methyl sites for hydroxylation is 2. The molecule has 2 unspecified atom stereocenters. The van der Waals surface area contributed by atoms with E-state index < -0.39 is 5.97 Å². The Balaban J connectivity index is 2.13. The Kier molecular flexibility index (Phi) is 5.55. The minimum Gasteiger partial charge on any atom is -0.507 e. The van der Waals surface area contributed by atoms with Gasteiger partial charge in [-0.25, -0.2) is 4.79 Å². The van der Waals surface area contributed by atoms with Gasteiger partial charge in [-0.1, -0.05) is 79.6 Å². The van der Waals surface area contributed by atoms with Crippen LogP contribution in [-0.4, -0.2) is 16.2 Å². The van der Waals surface area contributed by atoms with E-state index in [9.17, 15) is 15.0 Å². The number of benzene rings is 3. The van der Waals surface area contributed by atoms with Gasteiger partial charge in [-0.2, -0.15) is 0 Å². The molecule has 3 aromatic carbocycles. The van der Waals surface area contributed by atoms with Gasteiger partial charge in [0.25, 0.3) is 0 Å². The van der Waals surface area contributed by atoms with Crippen LogP contribution in [0, 0.1) is 13.8 Å². The highest BCUT2D eigenvalue weighted by atomic mass is 16.4. The molecule has 0 bridgehead atoms. The van der Waals surface area contributed by atoms with Crippen LogP contribution in [0.3, 0.4) is 0 Å². The zero-order valence-electron chi connectivity index (χ0n) is 16.7. The van der Waals surface area contributed by atoms with Gasteiger partial charge in [0.1, 0.15) is 11.3 Å². The van der Waals surface area contributed by atoms with Crippen molar-refractivity contribution >= 4 is 5.97 Å². The smallest absolute Gasteiger partial charge is 0.339 e. The lowest BCUT2D eigenvalue weighted by molar-refractivity contribution is 0.0693. The van der Waals surface area contributed by atoms with Crippen molar-refractivity contribution in [1.82, 2.24) is 0 Å². The number of aromatic carboxylic acids is 1. The molecule has 0 aliphatic heterocycles. The molecule has 144 valence electrons. The van der Waals surface area contributed by atoms with Crippen molar-refractivity contribution in [2.24, 2.45) is 0 Å². The molecule has 0 heterocycles. The van der Waals surface area contributed by atoms with Gasteiger partial charge in [0.2, 0.25) is 0 Å². The third kappa shape index (κ3) is 3.94. The summed E-state index contributed by atoms with van der Waals surface area (Å²) in [6.45, 7) is 8.13. The summed E-state index contributed by atoms with van der Waals surface area (Å²) < 4.78 is 0. The van der Waals surface area contributed by atoms with E-state index in [0.29, 0.717) is 5.56 Å². The van der Waals surface area contributed by atoms with Crippen LogP contribution in [0.1, 0.15) is 69.4 Å². The van der Waals surface area contributed by atoms with Crippen LogP contribution in [0.2, 0.25) is 0 Å². The van der Waals surface area contributed by atoms with Crippen molar-refractivity contribution in [1.29, 1.82) is 0 Å². The van der Waals surface area contributed by atoms with Gasteiger partial charge in [0.05, 0.1) is 0 Å². The molecule has 28 heavy (non-hydrogen) atoms. The zero-order chi connectivity index (χ0) is 20.4. The number of hydrogen-bond donors (Lipinski definition) is 2. The molecule has 0 saturated heterocycles. The fourth-order valence-corrected chi connectivity index (χ4v) is 3.67. The molecule has 2 N–H and O–H groups in total. The summed E-state index contributed by atoms with van der Waals surface area (Å²) in [6.07, 6.45) is 0. The molecule has 0 aromatic heterocycles. The molecule has 0 fully saturated rings. The standard InChI is InChI=1S/C25H26O3/c1-15-7-5-9-19(11-15)17(3)21-13-22(24(26)23(14-21)25(27)28)18(4)20-10-6-8-16(2)12-20/h5-14,17-18,26H,1-4H3,(H,27,28). The maximum Gasteiger partial charge on any atom is 0.339 e. The molecule has 0 spiro atoms. The number of carboxylic acid groups (broad SMARTS) is 1. The second kappa shape index (κ2) is 7.89. The summed E-state index contributed by atoms with van der Waals surface area (Å²) >= 11 is 0. The van der Waals surface area contributed by atoms with E-state index in [0.717, 1.165) is 27.8 Å². The summed E-state index contributed by atoms with van der Waals surface area (Å²) in [5, 5.41) is 20.3. The average molecular weight is 374 g/mol. The lowest BCUT2D eigenvalue weighted by Gasteiger charge is -2.20. The molecule has 3 nitrogen and oxygen atoms in total. The third-order valence-electron chi connectivity index (χ3n) is 5.44. The van der Waals surface area contributed by atoms with E-state index in [2.05, 4.69) is 25.1 Å². The third-order valence-corrected chi connectivity index (χ3v) is 5.44. The second-order valence-corrected chi connectivity index (χ2v) is 7.58. The fourth-order valence-electron chi connectivity index (χ4n) is 3.67. The number of hydrogen-bond acceptors (Lipinski definition) is 2. The first-order chi connectivity index (χ1) is 13.3. The summed E-state index contributed by atoms with van der Waals surface area (Å²) in [5.41, 5.74) is 5.94. The number of rotatable bonds is 5. The van der Waals surface area contributed by atoms with Crippen LogP contribution >= 0.6 is 0 Å². The molecule has 0 saturated carbocycles.